The zero-order valence-corrected chi connectivity index (χ0v) is 12.3. The van der Waals surface area contributed by atoms with Gasteiger partial charge in [-0.25, -0.2) is 0 Å². The normalized spacial score (nSPS) is 13.9. The minimum Gasteiger partial charge on any atom is -0.454 e. The minimum atomic E-state index is -0.0541. The summed E-state index contributed by atoms with van der Waals surface area (Å²) in [6.07, 6.45) is 0.293. The minimum absolute atomic E-state index is 0.0541. The predicted molar refractivity (Wildman–Crippen MR) is 80.7 cm³/mol. The third-order valence-corrected chi connectivity index (χ3v) is 3.73. The van der Waals surface area contributed by atoms with Gasteiger partial charge in [-0.15, -0.1) is 0 Å². The van der Waals surface area contributed by atoms with Crippen molar-refractivity contribution in [3.8, 4) is 23.0 Å². The number of ether oxygens (including phenoxy) is 4. The lowest BCUT2D eigenvalue weighted by atomic mass is 10.1. The summed E-state index contributed by atoms with van der Waals surface area (Å²) >= 11 is 0. The molecule has 2 aromatic carbocycles. The lowest BCUT2D eigenvalue weighted by molar-refractivity contribution is -0.120. The quantitative estimate of drug-likeness (QED) is 0.935. The highest BCUT2D eigenvalue weighted by Gasteiger charge is 2.15. The topological polar surface area (TPSA) is 66.0 Å². The van der Waals surface area contributed by atoms with Gasteiger partial charge in [0.05, 0.1) is 6.42 Å². The lowest BCUT2D eigenvalue weighted by Gasteiger charge is -2.07. The summed E-state index contributed by atoms with van der Waals surface area (Å²) in [5.41, 5.74) is 1.85. The van der Waals surface area contributed by atoms with E-state index in [1.54, 1.807) is 0 Å². The fourth-order valence-electron chi connectivity index (χ4n) is 2.55. The molecule has 2 aliphatic heterocycles. The van der Waals surface area contributed by atoms with Gasteiger partial charge < -0.3 is 24.3 Å². The predicted octanol–water partition coefficient (Wildman–Crippen LogP) is 2.00. The summed E-state index contributed by atoms with van der Waals surface area (Å²) in [4.78, 5) is 12.1. The van der Waals surface area contributed by atoms with Gasteiger partial charge in [-0.05, 0) is 35.4 Å². The van der Waals surface area contributed by atoms with Gasteiger partial charge in [0.25, 0.3) is 0 Å². The molecule has 0 radical (unpaired) electrons. The van der Waals surface area contributed by atoms with Crippen LogP contribution in [0.4, 0.5) is 0 Å². The molecule has 0 saturated heterocycles. The average Bonchev–Trinajstić information content (AvgIpc) is 3.20. The van der Waals surface area contributed by atoms with Gasteiger partial charge >= 0.3 is 0 Å². The number of carbonyl (C=O) groups is 1. The molecular formula is C17H15NO5. The maximum absolute atomic E-state index is 12.1. The Hall–Kier alpha value is -2.89. The zero-order chi connectivity index (χ0) is 15.6. The van der Waals surface area contributed by atoms with Crippen LogP contribution in [-0.2, 0) is 17.8 Å². The molecular weight excluding hydrogens is 298 g/mol. The molecule has 0 atom stereocenters. The third-order valence-electron chi connectivity index (χ3n) is 3.73. The van der Waals surface area contributed by atoms with Crippen LogP contribution in [0.15, 0.2) is 36.4 Å². The third kappa shape index (κ3) is 2.88. The summed E-state index contributed by atoms with van der Waals surface area (Å²) in [6, 6.07) is 11.2. The Bertz CT molecular complexity index is 759. The Morgan fingerprint density at radius 3 is 2.09 bits per heavy atom. The van der Waals surface area contributed by atoms with Crippen LogP contribution in [0.5, 0.6) is 23.0 Å². The molecule has 0 aromatic heterocycles. The number of hydrogen-bond acceptors (Lipinski definition) is 5. The van der Waals surface area contributed by atoms with Crippen molar-refractivity contribution in [2.45, 2.75) is 13.0 Å². The van der Waals surface area contributed by atoms with E-state index in [4.69, 9.17) is 18.9 Å². The van der Waals surface area contributed by atoms with Crippen LogP contribution in [0.1, 0.15) is 11.1 Å². The molecule has 1 N–H and O–H groups in total. The molecule has 0 saturated carbocycles. The van der Waals surface area contributed by atoms with Crippen molar-refractivity contribution in [3.63, 3.8) is 0 Å². The molecule has 0 spiro atoms. The molecule has 6 heteroatoms. The van der Waals surface area contributed by atoms with Gasteiger partial charge in [-0.2, -0.15) is 0 Å². The number of nitrogens with one attached hydrogen (secondary N) is 1. The molecule has 1 amide bonds. The van der Waals surface area contributed by atoms with Gasteiger partial charge in [0.1, 0.15) is 0 Å². The summed E-state index contributed by atoms with van der Waals surface area (Å²) in [6.45, 7) is 0.921. The van der Waals surface area contributed by atoms with Crippen molar-refractivity contribution in [3.05, 3.63) is 47.5 Å². The van der Waals surface area contributed by atoms with E-state index < -0.39 is 0 Å². The molecule has 23 heavy (non-hydrogen) atoms. The van der Waals surface area contributed by atoms with Crippen LogP contribution in [-0.4, -0.2) is 19.5 Å². The highest BCUT2D eigenvalue weighted by atomic mass is 16.7. The molecule has 118 valence electrons. The van der Waals surface area contributed by atoms with Crippen molar-refractivity contribution in [1.29, 1.82) is 0 Å². The number of benzene rings is 2. The van der Waals surface area contributed by atoms with E-state index in [0.29, 0.717) is 24.5 Å². The van der Waals surface area contributed by atoms with E-state index in [2.05, 4.69) is 5.32 Å². The smallest absolute Gasteiger partial charge is 0.231 e. The monoisotopic (exact) mass is 313 g/mol. The highest BCUT2D eigenvalue weighted by Crippen LogP contribution is 2.33. The van der Waals surface area contributed by atoms with Crippen molar-refractivity contribution >= 4 is 5.91 Å². The standard InChI is InChI=1S/C17H15NO5/c19-17(7-11-1-3-13-15(5-11)22-9-20-13)18-8-12-2-4-14-16(6-12)23-10-21-14/h1-6H,7-10H2,(H,18,19). The first-order valence-electron chi connectivity index (χ1n) is 7.32. The van der Waals surface area contributed by atoms with E-state index >= 15 is 0 Å². The van der Waals surface area contributed by atoms with E-state index in [1.165, 1.54) is 0 Å². The largest absolute Gasteiger partial charge is 0.454 e. The average molecular weight is 313 g/mol. The summed E-state index contributed by atoms with van der Waals surface area (Å²) < 4.78 is 21.2. The van der Waals surface area contributed by atoms with Crippen LogP contribution in [0.25, 0.3) is 0 Å². The van der Waals surface area contributed by atoms with Crippen LogP contribution in [0.2, 0.25) is 0 Å². The van der Waals surface area contributed by atoms with E-state index in [0.717, 1.165) is 22.6 Å². The Balaban J connectivity index is 1.35. The van der Waals surface area contributed by atoms with Crippen molar-refractivity contribution in [2.24, 2.45) is 0 Å². The number of fused-ring (bicyclic) bond motifs is 2. The molecule has 0 aliphatic carbocycles. The Kier molecular flexibility index (Phi) is 3.42. The molecule has 2 aliphatic rings. The van der Waals surface area contributed by atoms with Crippen molar-refractivity contribution in [1.82, 2.24) is 5.32 Å². The number of carbonyl (C=O) groups excluding carboxylic acids is 1. The first kappa shape index (κ1) is 13.8. The Morgan fingerprint density at radius 2 is 1.39 bits per heavy atom. The fraction of sp³-hybridized carbons (Fsp3) is 0.235. The molecule has 2 heterocycles. The molecule has 0 unspecified atom stereocenters. The summed E-state index contributed by atoms with van der Waals surface area (Å²) in [7, 11) is 0. The van der Waals surface area contributed by atoms with Crippen LogP contribution >= 0.6 is 0 Å². The van der Waals surface area contributed by atoms with Gasteiger partial charge in [0, 0.05) is 6.54 Å². The Morgan fingerprint density at radius 1 is 0.826 bits per heavy atom. The molecule has 6 nitrogen and oxygen atoms in total. The van der Waals surface area contributed by atoms with Gasteiger partial charge in [0.2, 0.25) is 19.5 Å². The van der Waals surface area contributed by atoms with Gasteiger partial charge in [-0.1, -0.05) is 12.1 Å². The second kappa shape index (κ2) is 5.72. The van der Waals surface area contributed by atoms with Crippen LogP contribution in [0.3, 0.4) is 0 Å². The van der Waals surface area contributed by atoms with E-state index in [-0.39, 0.29) is 19.5 Å². The molecule has 0 fully saturated rings. The second-order valence-corrected chi connectivity index (χ2v) is 5.33. The van der Waals surface area contributed by atoms with Gasteiger partial charge in [0.15, 0.2) is 23.0 Å². The number of rotatable bonds is 4. The molecule has 2 aromatic rings. The lowest BCUT2D eigenvalue weighted by Crippen LogP contribution is -2.24. The number of hydrogen-bond donors (Lipinski definition) is 1. The van der Waals surface area contributed by atoms with Gasteiger partial charge in [-0.3, -0.25) is 4.79 Å². The zero-order valence-electron chi connectivity index (χ0n) is 12.3. The molecule has 0 bridgehead atoms. The number of amides is 1. The van der Waals surface area contributed by atoms with E-state index in [1.807, 2.05) is 36.4 Å². The maximum atomic E-state index is 12.1. The van der Waals surface area contributed by atoms with Crippen molar-refractivity contribution < 1.29 is 23.7 Å². The Labute approximate surface area is 132 Å². The van der Waals surface area contributed by atoms with Crippen molar-refractivity contribution in [2.75, 3.05) is 13.6 Å². The second-order valence-electron chi connectivity index (χ2n) is 5.33. The summed E-state index contributed by atoms with van der Waals surface area (Å²) in [5.74, 6) is 2.80. The molecule has 4 rings (SSSR count). The highest BCUT2D eigenvalue weighted by molar-refractivity contribution is 5.78. The maximum Gasteiger partial charge on any atom is 0.231 e. The SMILES string of the molecule is O=C(Cc1ccc2c(c1)OCO2)NCc1ccc2c(c1)OCO2. The van der Waals surface area contributed by atoms with Crippen LogP contribution < -0.4 is 24.3 Å². The van der Waals surface area contributed by atoms with Crippen LogP contribution in [0, 0.1) is 0 Å². The van der Waals surface area contributed by atoms with E-state index in [9.17, 15) is 4.79 Å². The first-order valence-corrected chi connectivity index (χ1v) is 7.32. The first-order chi connectivity index (χ1) is 11.3. The summed E-state index contributed by atoms with van der Waals surface area (Å²) in [5, 5.41) is 2.90. The fourth-order valence-corrected chi connectivity index (χ4v) is 2.55.